The number of aliphatic hydroxyl groups is 1. The number of hydrogen-bond donors (Lipinski definition) is 2. The van der Waals surface area contributed by atoms with Gasteiger partial charge in [-0.3, -0.25) is 0 Å². The van der Waals surface area contributed by atoms with Gasteiger partial charge in [0.25, 0.3) is 0 Å². The van der Waals surface area contributed by atoms with Crippen molar-refractivity contribution in [1.82, 2.24) is 19.4 Å². The first kappa shape index (κ1) is 38.6. The maximum Gasteiger partial charge on any atom is 0.316 e. The van der Waals surface area contributed by atoms with Crippen LogP contribution in [-0.2, 0) is 25.9 Å². The lowest BCUT2D eigenvalue weighted by atomic mass is 9.86. The summed E-state index contributed by atoms with van der Waals surface area (Å²) in [5.41, 5.74) is 0.241. The maximum absolute atomic E-state index is 14.5. The molecule has 2 aromatic carbocycles. The number of ether oxygens (including phenoxy) is 4. The molecule has 0 saturated carbocycles. The van der Waals surface area contributed by atoms with Crippen LogP contribution in [0.3, 0.4) is 0 Å². The number of carbonyl (C=O) groups is 2. The molecule has 2 N–H and O–H groups in total. The summed E-state index contributed by atoms with van der Waals surface area (Å²) in [7, 11) is -0.871. The molecule has 2 fully saturated rings. The van der Waals surface area contributed by atoms with Crippen LogP contribution in [0.4, 0.5) is 9.59 Å². The quantitative estimate of drug-likeness (QED) is 0.231. The highest BCUT2D eigenvalue weighted by molar-refractivity contribution is 7.89. The van der Waals surface area contributed by atoms with E-state index in [0.29, 0.717) is 37.5 Å². The van der Waals surface area contributed by atoms with E-state index in [-0.39, 0.29) is 49.8 Å². The molecule has 3 aliphatic rings. The fourth-order valence-electron chi connectivity index (χ4n) is 7.10. The maximum atomic E-state index is 14.5. The molecular weight excluding hydrogens is 680 g/mol. The van der Waals surface area contributed by atoms with Crippen molar-refractivity contribution in [3.05, 3.63) is 54.1 Å². The molecule has 0 bridgehead atoms. The number of carboxylic acid groups (broad SMARTS) is 1. The zero-order chi connectivity index (χ0) is 36.8. The van der Waals surface area contributed by atoms with Crippen molar-refractivity contribution < 1.29 is 47.2 Å². The fourth-order valence-corrected chi connectivity index (χ4v) is 8.76. The summed E-state index contributed by atoms with van der Waals surface area (Å²) in [6, 6.07) is 11.7. The molecule has 0 aliphatic carbocycles. The van der Waals surface area contributed by atoms with E-state index in [0.717, 1.165) is 29.7 Å². The number of fused-ring (bicyclic) bond motifs is 2. The molecule has 0 aromatic heterocycles. The Kier molecular flexibility index (Phi) is 12.7. The Morgan fingerprint density at radius 3 is 2.51 bits per heavy atom. The number of unbranched alkanes of at least 4 members (excludes halogenated alkanes) is 2. The van der Waals surface area contributed by atoms with Crippen molar-refractivity contribution in [2.45, 2.75) is 81.7 Å². The summed E-state index contributed by atoms with van der Waals surface area (Å²) >= 11 is 0. The van der Waals surface area contributed by atoms with Crippen molar-refractivity contribution in [2.75, 3.05) is 53.7 Å². The molecule has 282 valence electrons. The lowest BCUT2D eigenvalue weighted by Gasteiger charge is -2.43. The van der Waals surface area contributed by atoms with Crippen molar-refractivity contribution in [1.29, 1.82) is 0 Å². The minimum Gasteiger partial charge on any atom is -0.530 e. The van der Waals surface area contributed by atoms with E-state index in [1.54, 1.807) is 20.2 Å². The molecule has 0 unspecified atom stereocenters. The minimum absolute atomic E-state index is 0.0227. The van der Waals surface area contributed by atoms with Gasteiger partial charge in [0.2, 0.25) is 16.8 Å². The summed E-state index contributed by atoms with van der Waals surface area (Å²) in [6.07, 6.45) is 0.304. The zero-order valence-corrected chi connectivity index (χ0v) is 30.7. The van der Waals surface area contributed by atoms with Crippen LogP contribution in [-0.4, -0.2) is 118 Å². The number of sulfonamides is 1. The summed E-state index contributed by atoms with van der Waals surface area (Å²) in [5.74, 6) is 0.497. The monoisotopic (exact) mass is 731 g/mol. The first-order chi connectivity index (χ1) is 24.3. The lowest BCUT2D eigenvalue weighted by molar-refractivity contribution is -0.273. The van der Waals surface area contributed by atoms with E-state index < -0.39 is 46.0 Å². The van der Waals surface area contributed by atoms with E-state index in [1.165, 1.54) is 21.3 Å². The highest BCUT2D eigenvalue weighted by Crippen LogP contribution is 2.38. The predicted molar refractivity (Wildman–Crippen MR) is 185 cm³/mol. The normalized spacial score (nSPS) is 20.9. The number of amides is 3. The first-order valence-corrected chi connectivity index (χ1v) is 19.0. The van der Waals surface area contributed by atoms with Gasteiger partial charge in [-0.2, -0.15) is 4.31 Å². The molecule has 5 atom stereocenters. The number of hydrogen-bond acceptors (Lipinski definition) is 10. The number of rotatable bonds is 17. The summed E-state index contributed by atoms with van der Waals surface area (Å²) < 4.78 is 52.5. The van der Waals surface area contributed by atoms with E-state index in [2.05, 4.69) is 5.32 Å². The predicted octanol–water partition coefficient (Wildman–Crippen LogP) is 2.64. The zero-order valence-electron chi connectivity index (χ0n) is 29.9. The third-order valence-electron chi connectivity index (χ3n) is 9.86. The topological polar surface area (TPSA) is 170 Å². The van der Waals surface area contributed by atoms with Crippen molar-refractivity contribution in [2.24, 2.45) is 11.3 Å². The van der Waals surface area contributed by atoms with Gasteiger partial charge in [0, 0.05) is 45.7 Å². The minimum atomic E-state index is -4.23. The Morgan fingerprint density at radius 2 is 1.78 bits per heavy atom. The van der Waals surface area contributed by atoms with Gasteiger partial charge in [-0.1, -0.05) is 57.0 Å². The smallest absolute Gasteiger partial charge is 0.316 e. The van der Waals surface area contributed by atoms with Gasteiger partial charge in [0.05, 0.1) is 36.3 Å². The third kappa shape index (κ3) is 9.63. The van der Waals surface area contributed by atoms with E-state index in [4.69, 9.17) is 18.9 Å². The van der Waals surface area contributed by atoms with Crippen LogP contribution in [0.25, 0.3) is 0 Å². The van der Waals surface area contributed by atoms with Crippen LogP contribution in [0.5, 0.6) is 11.5 Å². The number of nitrogens with one attached hydrogen (secondary N) is 1. The molecule has 14 nitrogen and oxygen atoms in total. The SMILES string of the molecule is CN(C)C(=O)NCCCCCC(C)(C)CN(C[C@@H](O)[C@H](Cc1ccccc1)N(C(=O)[O-])[C@H]1CO[C@H]2OCC[C@H]21)S(=O)(=O)c1ccc2c(c1)OCO2. The van der Waals surface area contributed by atoms with Gasteiger partial charge >= 0.3 is 6.03 Å². The summed E-state index contributed by atoms with van der Waals surface area (Å²) in [6.45, 7) is 4.63. The number of urea groups is 1. The van der Waals surface area contributed by atoms with E-state index >= 15 is 0 Å². The molecule has 3 aliphatic heterocycles. The number of carbonyl (C=O) groups excluding carboxylic acids is 2. The third-order valence-corrected chi connectivity index (χ3v) is 11.7. The largest absolute Gasteiger partial charge is 0.530 e. The molecule has 3 amide bonds. The van der Waals surface area contributed by atoms with Gasteiger partial charge in [-0.15, -0.1) is 0 Å². The van der Waals surface area contributed by atoms with Crippen LogP contribution in [0, 0.1) is 11.3 Å². The van der Waals surface area contributed by atoms with Gasteiger partial charge in [0.1, 0.15) is 6.09 Å². The highest BCUT2D eigenvalue weighted by atomic mass is 32.2. The van der Waals surface area contributed by atoms with Crippen LogP contribution < -0.4 is 19.9 Å². The number of nitrogens with zero attached hydrogens (tertiary/aromatic N) is 3. The number of aliphatic hydroxyl groups excluding tert-OH is 1. The van der Waals surface area contributed by atoms with E-state index in [1.807, 2.05) is 44.2 Å². The average molecular weight is 732 g/mol. The van der Waals surface area contributed by atoms with Gasteiger partial charge in [-0.05, 0) is 48.8 Å². The van der Waals surface area contributed by atoms with Gasteiger partial charge in [-0.25, -0.2) is 13.2 Å². The standard InChI is InChI=1S/C36H52N4O10S/c1-36(2,16-9-6-10-17-37-34(42)38(3)4)23-39(51(45,46)26-13-14-31-32(20-26)50-24-49-31)21-30(41)28(19-25-11-7-5-8-12-25)40(35(43)44)29-22-48-33-27(29)15-18-47-33/h5,7-8,11-14,20,27-30,33,41H,6,9-10,15-19,21-24H2,1-4H3,(H,37,42)(H,43,44)/p-1/t27-,28-,29-,30+,33+/m0/s1. The average Bonchev–Trinajstić information content (AvgIpc) is 3.84. The second-order valence-corrected chi connectivity index (χ2v) is 16.4. The van der Waals surface area contributed by atoms with Gasteiger partial charge < -0.3 is 49.1 Å². The Morgan fingerprint density at radius 1 is 1.04 bits per heavy atom. The van der Waals surface area contributed by atoms with Crippen molar-refractivity contribution >= 4 is 22.1 Å². The molecule has 3 heterocycles. The van der Waals surface area contributed by atoms with Gasteiger partial charge in [0.15, 0.2) is 17.8 Å². The number of benzene rings is 2. The second kappa shape index (κ2) is 16.8. The summed E-state index contributed by atoms with van der Waals surface area (Å²) in [5, 5.41) is 27.9. The highest BCUT2D eigenvalue weighted by Gasteiger charge is 2.47. The van der Waals surface area contributed by atoms with Crippen molar-refractivity contribution in [3.63, 3.8) is 0 Å². The molecular formula is C36H51N4O10S-. The molecule has 5 rings (SSSR count). The van der Waals surface area contributed by atoms with Crippen LogP contribution >= 0.6 is 0 Å². The van der Waals surface area contributed by atoms with E-state index in [9.17, 15) is 28.2 Å². The Balaban J connectivity index is 1.40. The van der Waals surface area contributed by atoms with Crippen LogP contribution in [0.15, 0.2) is 53.4 Å². The Bertz CT molecular complexity index is 1590. The van der Waals surface area contributed by atoms with Crippen molar-refractivity contribution in [3.8, 4) is 11.5 Å². The molecule has 51 heavy (non-hydrogen) atoms. The molecule has 15 heteroatoms. The van der Waals surface area contributed by atoms with Crippen LogP contribution in [0.2, 0.25) is 0 Å². The molecule has 2 saturated heterocycles. The Hall–Kier alpha value is -3.63. The lowest BCUT2D eigenvalue weighted by Crippen LogP contribution is -2.61. The first-order valence-electron chi connectivity index (χ1n) is 17.6. The fraction of sp³-hybridized carbons (Fsp3) is 0.611. The van der Waals surface area contributed by atoms with Crippen LogP contribution in [0.1, 0.15) is 51.5 Å². The molecule has 0 spiro atoms. The molecule has 2 aromatic rings. The molecule has 0 radical (unpaired) electrons. The summed E-state index contributed by atoms with van der Waals surface area (Å²) in [4.78, 5) is 27.4. The Labute approximate surface area is 300 Å². The second-order valence-electron chi connectivity index (χ2n) is 14.5.